The molecule has 0 radical (unpaired) electrons. The van der Waals surface area contributed by atoms with Crippen LogP contribution in [0.15, 0.2) is 41.2 Å². The van der Waals surface area contributed by atoms with Crippen molar-refractivity contribution in [2.45, 2.75) is 26.3 Å². The van der Waals surface area contributed by atoms with Gasteiger partial charge >= 0.3 is 5.97 Å². The van der Waals surface area contributed by atoms with Crippen LogP contribution in [0.5, 0.6) is 0 Å². The molecule has 1 aromatic carbocycles. The summed E-state index contributed by atoms with van der Waals surface area (Å²) in [4.78, 5) is 34.6. The average Bonchev–Trinajstić information content (AvgIpc) is 2.48. The fraction of sp³-hybridized carbons (Fsp3) is 0.235. The molecule has 1 heterocycles. The number of aromatic nitrogens is 1. The Morgan fingerprint density at radius 2 is 1.74 bits per heavy atom. The first-order valence-corrected chi connectivity index (χ1v) is 7.17. The molecule has 2 aromatic rings. The molecule has 0 spiro atoms. The number of carboxylic acid groups (broad SMARTS) is 1. The van der Waals surface area contributed by atoms with Crippen molar-refractivity contribution in [3.63, 3.8) is 0 Å². The summed E-state index contributed by atoms with van der Waals surface area (Å²) < 4.78 is 1.09. The van der Waals surface area contributed by atoms with Gasteiger partial charge in [0, 0.05) is 0 Å². The number of rotatable bonds is 5. The third-order valence-corrected chi connectivity index (χ3v) is 3.59. The van der Waals surface area contributed by atoms with Gasteiger partial charge in [-0.25, -0.2) is 4.79 Å². The Morgan fingerprint density at radius 1 is 1.13 bits per heavy atom. The lowest BCUT2D eigenvalue weighted by Gasteiger charge is -2.13. The molecule has 0 unspecified atom stereocenters. The number of carbonyl (C=O) groups excluding carboxylic acids is 1. The fourth-order valence-corrected chi connectivity index (χ4v) is 2.34. The van der Waals surface area contributed by atoms with Crippen LogP contribution in [0.2, 0.25) is 0 Å². The molecule has 0 bridgehead atoms. The second-order valence-electron chi connectivity index (χ2n) is 5.57. The van der Waals surface area contributed by atoms with Crippen molar-refractivity contribution in [1.82, 2.24) is 4.57 Å². The maximum Gasteiger partial charge on any atom is 0.341 e. The molecule has 1 aromatic heterocycles. The van der Waals surface area contributed by atoms with Gasteiger partial charge < -0.3 is 10.8 Å². The van der Waals surface area contributed by atoms with Crippen LogP contribution in [-0.4, -0.2) is 21.6 Å². The second-order valence-corrected chi connectivity index (χ2v) is 5.57. The van der Waals surface area contributed by atoms with Gasteiger partial charge in [-0.05, 0) is 29.2 Å². The zero-order valence-electron chi connectivity index (χ0n) is 12.9. The minimum Gasteiger partial charge on any atom is -0.477 e. The summed E-state index contributed by atoms with van der Waals surface area (Å²) in [5, 5.41) is 9.05. The number of amides is 1. The number of benzene rings is 1. The highest BCUT2D eigenvalue weighted by Gasteiger charge is 2.16. The topological polar surface area (TPSA) is 102 Å². The third-order valence-electron chi connectivity index (χ3n) is 3.59. The second kappa shape index (κ2) is 6.48. The molecule has 0 fully saturated rings. The lowest BCUT2D eigenvalue weighted by Crippen LogP contribution is -2.32. The number of carbonyl (C=O) groups is 2. The number of primary amides is 1. The Bertz CT molecular complexity index is 804. The Balaban J connectivity index is 2.61. The van der Waals surface area contributed by atoms with Gasteiger partial charge in [0.2, 0.25) is 5.91 Å². The van der Waals surface area contributed by atoms with E-state index in [4.69, 9.17) is 10.8 Å². The van der Waals surface area contributed by atoms with Gasteiger partial charge in [0.1, 0.15) is 12.1 Å². The van der Waals surface area contributed by atoms with Gasteiger partial charge in [-0.3, -0.25) is 14.2 Å². The van der Waals surface area contributed by atoms with Crippen molar-refractivity contribution in [3.8, 4) is 11.3 Å². The Kier molecular flexibility index (Phi) is 4.64. The van der Waals surface area contributed by atoms with Crippen molar-refractivity contribution >= 4 is 11.9 Å². The van der Waals surface area contributed by atoms with Crippen LogP contribution in [0.1, 0.15) is 35.7 Å². The smallest absolute Gasteiger partial charge is 0.341 e. The molecule has 0 aliphatic rings. The molecule has 0 aliphatic heterocycles. The first kappa shape index (κ1) is 16.5. The normalized spacial score (nSPS) is 10.7. The van der Waals surface area contributed by atoms with Crippen molar-refractivity contribution in [3.05, 3.63) is 57.9 Å². The summed E-state index contributed by atoms with van der Waals surface area (Å²) in [6.45, 7) is 3.76. The number of nitrogens with two attached hydrogens (primary N) is 1. The number of carboxylic acids is 1. The van der Waals surface area contributed by atoms with E-state index in [1.165, 1.54) is 12.1 Å². The number of pyridine rings is 1. The molecule has 23 heavy (non-hydrogen) atoms. The standard InChI is InChI=1S/C17H18N2O4/c1-10(2)11-3-5-12(6-4-11)14-8-7-13(17(22)23)16(21)19(14)9-15(18)20/h3-8,10H,9H2,1-2H3,(H2,18,20)(H,22,23). The molecular weight excluding hydrogens is 296 g/mol. The van der Waals surface area contributed by atoms with Crippen LogP contribution in [-0.2, 0) is 11.3 Å². The third kappa shape index (κ3) is 3.48. The van der Waals surface area contributed by atoms with E-state index in [1.54, 1.807) is 0 Å². The minimum atomic E-state index is -1.34. The molecule has 2 rings (SSSR count). The summed E-state index contributed by atoms with van der Waals surface area (Å²) in [6.07, 6.45) is 0. The van der Waals surface area contributed by atoms with E-state index in [9.17, 15) is 14.4 Å². The lowest BCUT2D eigenvalue weighted by molar-refractivity contribution is -0.118. The zero-order chi connectivity index (χ0) is 17.1. The van der Waals surface area contributed by atoms with E-state index >= 15 is 0 Å². The van der Waals surface area contributed by atoms with E-state index in [-0.39, 0.29) is 6.54 Å². The van der Waals surface area contributed by atoms with Gasteiger partial charge in [-0.1, -0.05) is 38.1 Å². The van der Waals surface area contributed by atoms with Crippen LogP contribution in [0.25, 0.3) is 11.3 Å². The van der Waals surface area contributed by atoms with E-state index in [1.807, 2.05) is 24.3 Å². The van der Waals surface area contributed by atoms with Gasteiger partial charge in [0.05, 0.1) is 5.69 Å². The van der Waals surface area contributed by atoms with Crippen molar-refractivity contribution in [1.29, 1.82) is 0 Å². The largest absolute Gasteiger partial charge is 0.477 e. The highest BCUT2D eigenvalue weighted by Crippen LogP contribution is 2.22. The Morgan fingerprint density at radius 3 is 2.22 bits per heavy atom. The van der Waals surface area contributed by atoms with E-state index in [0.717, 1.165) is 10.1 Å². The van der Waals surface area contributed by atoms with Crippen LogP contribution < -0.4 is 11.3 Å². The number of hydrogen-bond acceptors (Lipinski definition) is 3. The Hall–Kier alpha value is -2.89. The summed E-state index contributed by atoms with van der Waals surface area (Å²) in [5.41, 5.74) is 6.35. The molecular formula is C17H18N2O4. The lowest BCUT2D eigenvalue weighted by atomic mass is 10.0. The number of nitrogens with zero attached hydrogens (tertiary/aromatic N) is 1. The highest BCUT2D eigenvalue weighted by atomic mass is 16.4. The SMILES string of the molecule is CC(C)c1ccc(-c2ccc(C(=O)O)c(=O)n2CC(N)=O)cc1. The van der Waals surface area contributed by atoms with Gasteiger partial charge in [-0.2, -0.15) is 0 Å². The molecule has 6 heteroatoms. The predicted molar refractivity (Wildman–Crippen MR) is 86.4 cm³/mol. The van der Waals surface area contributed by atoms with Crippen molar-refractivity contribution in [2.75, 3.05) is 0 Å². The predicted octanol–water partition coefficient (Wildman–Crippen LogP) is 1.82. The maximum atomic E-state index is 12.3. The molecule has 3 N–H and O–H groups in total. The Labute approximate surface area is 133 Å². The number of aromatic carboxylic acids is 1. The summed E-state index contributed by atoms with van der Waals surface area (Å²) in [7, 11) is 0. The van der Waals surface area contributed by atoms with Crippen LogP contribution >= 0.6 is 0 Å². The van der Waals surface area contributed by atoms with E-state index < -0.39 is 23.0 Å². The molecule has 0 saturated heterocycles. The molecule has 0 atom stereocenters. The van der Waals surface area contributed by atoms with Gasteiger partial charge in [0.15, 0.2) is 0 Å². The summed E-state index contributed by atoms with van der Waals surface area (Å²) in [6, 6.07) is 10.3. The van der Waals surface area contributed by atoms with E-state index in [0.29, 0.717) is 17.2 Å². The first-order valence-electron chi connectivity index (χ1n) is 7.17. The molecule has 120 valence electrons. The minimum absolute atomic E-state index is 0.367. The number of hydrogen-bond donors (Lipinski definition) is 2. The monoisotopic (exact) mass is 314 g/mol. The maximum absolute atomic E-state index is 12.3. The highest BCUT2D eigenvalue weighted by molar-refractivity contribution is 5.87. The van der Waals surface area contributed by atoms with Gasteiger partial charge in [-0.15, -0.1) is 0 Å². The first-order chi connectivity index (χ1) is 10.8. The molecule has 6 nitrogen and oxygen atoms in total. The quantitative estimate of drug-likeness (QED) is 0.878. The average molecular weight is 314 g/mol. The van der Waals surface area contributed by atoms with Crippen LogP contribution in [0, 0.1) is 0 Å². The molecule has 0 saturated carbocycles. The summed E-state index contributed by atoms with van der Waals surface area (Å²) >= 11 is 0. The fourth-order valence-electron chi connectivity index (χ4n) is 2.34. The molecule has 0 aliphatic carbocycles. The summed E-state index contributed by atoms with van der Waals surface area (Å²) in [5.74, 6) is -1.68. The van der Waals surface area contributed by atoms with Crippen LogP contribution in [0.4, 0.5) is 0 Å². The molecule has 1 amide bonds. The van der Waals surface area contributed by atoms with Crippen LogP contribution in [0.3, 0.4) is 0 Å². The van der Waals surface area contributed by atoms with Gasteiger partial charge in [0.25, 0.3) is 5.56 Å². The van der Waals surface area contributed by atoms with Crippen molar-refractivity contribution < 1.29 is 14.7 Å². The van der Waals surface area contributed by atoms with Crippen molar-refractivity contribution in [2.24, 2.45) is 5.73 Å². The zero-order valence-corrected chi connectivity index (χ0v) is 12.9. The van der Waals surface area contributed by atoms with E-state index in [2.05, 4.69) is 13.8 Å².